The van der Waals surface area contributed by atoms with Crippen molar-refractivity contribution in [1.29, 1.82) is 0 Å². The van der Waals surface area contributed by atoms with Crippen LogP contribution in [0, 0.1) is 17.5 Å². The molecule has 0 amide bonds. The Balaban J connectivity index is 2.38. The Hall–Kier alpha value is -1.06. The molecule has 0 spiro atoms. The first-order valence-electron chi connectivity index (χ1n) is 4.72. The summed E-state index contributed by atoms with van der Waals surface area (Å²) in [4.78, 5) is 0. The fourth-order valence-electron chi connectivity index (χ4n) is 1.24. The van der Waals surface area contributed by atoms with Gasteiger partial charge >= 0.3 is 0 Å². The van der Waals surface area contributed by atoms with Crippen molar-refractivity contribution in [2.45, 2.75) is 4.21 Å². The molecule has 0 atom stereocenters. The number of hydrogen-bond acceptors (Lipinski definition) is 3. The molecule has 0 aliphatic carbocycles. The summed E-state index contributed by atoms with van der Waals surface area (Å²) in [5, 5.41) is 0. The number of sulfonamides is 1. The summed E-state index contributed by atoms with van der Waals surface area (Å²) < 4.78 is 65.1. The van der Waals surface area contributed by atoms with Crippen LogP contribution in [0.5, 0.6) is 0 Å². The Kier molecular flexibility index (Phi) is 3.88. The van der Waals surface area contributed by atoms with Crippen molar-refractivity contribution < 1.29 is 21.6 Å². The van der Waals surface area contributed by atoms with E-state index in [4.69, 9.17) is 0 Å². The van der Waals surface area contributed by atoms with Gasteiger partial charge in [-0.2, -0.15) is 0 Å². The second kappa shape index (κ2) is 5.14. The third-order valence-electron chi connectivity index (χ3n) is 2.07. The highest BCUT2D eigenvalue weighted by atomic mass is 79.9. The van der Waals surface area contributed by atoms with Gasteiger partial charge in [-0.3, -0.25) is 4.72 Å². The van der Waals surface area contributed by atoms with E-state index >= 15 is 0 Å². The number of halogens is 4. The van der Waals surface area contributed by atoms with E-state index in [1.807, 2.05) is 4.72 Å². The smallest absolute Gasteiger partial charge is 0.271 e. The van der Waals surface area contributed by atoms with Gasteiger partial charge in [-0.15, -0.1) is 11.3 Å². The molecule has 0 unspecified atom stereocenters. The number of nitrogens with one attached hydrogen (secondary N) is 1. The van der Waals surface area contributed by atoms with E-state index in [0.29, 0.717) is 9.85 Å². The van der Waals surface area contributed by atoms with E-state index in [1.54, 1.807) is 0 Å². The first-order chi connectivity index (χ1) is 8.79. The SMILES string of the molecule is O=S(=O)(Nc1cc(F)c(F)cc1F)c1ccc(Br)s1. The lowest BCUT2D eigenvalue weighted by Crippen LogP contribution is -2.13. The van der Waals surface area contributed by atoms with Crippen LogP contribution in [-0.4, -0.2) is 8.42 Å². The molecule has 102 valence electrons. The molecule has 2 aromatic rings. The lowest BCUT2D eigenvalue weighted by molar-refractivity contribution is 0.496. The molecule has 2 rings (SSSR count). The van der Waals surface area contributed by atoms with Crippen LogP contribution in [0.25, 0.3) is 0 Å². The van der Waals surface area contributed by atoms with Crippen molar-refractivity contribution in [3.8, 4) is 0 Å². The maximum absolute atomic E-state index is 13.3. The van der Waals surface area contributed by atoms with Crippen LogP contribution < -0.4 is 4.72 Å². The topological polar surface area (TPSA) is 46.2 Å². The predicted octanol–water partition coefficient (Wildman–Crippen LogP) is 3.73. The van der Waals surface area contributed by atoms with Gasteiger partial charge in [0.15, 0.2) is 11.6 Å². The molecular weight excluding hydrogens is 367 g/mol. The third kappa shape index (κ3) is 3.10. The zero-order chi connectivity index (χ0) is 14.2. The third-order valence-corrected chi connectivity index (χ3v) is 5.55. The van der Waals surface area contributed by atoms with Crippen molar-refractivity contribution in [3.05, 3.63) is 45.5 Å². The number of thiophene rings is 1. The fourth-order valence-corrected chi connectivity index (χ4v) is 4.31. The maximum atomic E-state index is 13.3. The fraction of sp³-hybridized carbons (Fsp3) is 0. The van der Waals surface area contributed by atoms with Gasteiger partial charge in [-0.1, -0.05) is 0 Å². The van der Waals surface area contributed by atoms with Crippen LogP contribution in [0.15, 0.2) is 32.3 Å². The average Bonchev–Trinajstić information content (AvgIpc) is 2.73. The van der Waals surface area contributed by atoms with Crippen LogP contribution in [0.3, 0.4) is 0 Å². The summed E-state index contributed by atoms with van der Waals surface area (Å²) in [6, 6.07) is 3.53. The Morgan fingerprint density at radius 3 is 2.26 bits per heavy atom. The summed E-state index contributed by atoms with van der Waals surface area (Å²) in [7, 11) is -4.04. The van der Waals surface area contributed by atoms with Gasteiger partial charge in [0.1, 0.15) is 10.0 Å². The molecule has 3 nitrogen and oxygen atoms in total. The van der Waals surface area contributed by atoms with E-state index in [9.17, 15) is 21.6 Å². The highest BCUT2D eigenvalue weighted by Gasteiger charge is 2.20. The van der Waals surface area contributed by atoms with Gasteiger partial charge in [-0.25, -0.2) is 21.6 Å². The monoisotopic (exact) mass is 371 g/mol. The molecule has 1 aromatic carbocycles. The van der Waals surface area contributed by atoms with Gasteiger partial charge < -0.3 is 0 Å². The minimum atomic E-state index is -4.04. The van der Waals surface area contributed by atoms with Crippen LogP contribution >= 0.6 is 27.3 Å². The van der Waals surface area contributed by atoms with Crippen LogP contribution in [0.2, 0.25) is 0 Å². The van der Waals surface area contributed by atoms with E-state index in [0.717, 1.165) is 11.3 Å². The van der Waals surface area contributed by atoms with Gasteiger partial charge in [0.25, 0.3) is 10.0 Å². The standard InChI is InChI=1S/C10H5BrF3NO2S2/c11-9-1-2-10(18-9)19(16,17)15-8-4-6(13)5(12)3-7(8)14/h1-4,15H. The van der Waals surface area contributed by atoms with Crippen LogP contribution in [0.4, 0.5) is 18.9 Å². The number of benzene rings is 1. The molecule has 1 aromatic heterocycles. The Morgan fingerprint density at radius 2 is 1.68 bits per heavy atom. The highest BCUT2D eigenvalue weighted by molar-refractivity contribution is 9.11. The quantitative estimate of drug-likeness (QED) is 0.835. The largest absolute Gasteiger partial charge is 0.276 e. The van der Waals surface area contributed by atoms with E-state index in [2.05, 4.69) is 15.9 Å². The summed E-state index contributed by atoms with van der Waals surface area (Å²) in [5.41, 5.74) is -0.650. The van der Waals surface area contributed by atoms with Gasteiger partial charge in [0, 0.05) is 12.1 Å². The predicted molar refractivity (Wildman–Crippen MR) is 69.1 cm³/mol. The zero-order valence-electron chi connectivity index (χ0n) is 8.95. The molecule has 0 saturated carbocycles. The van der Waals surface area contributed by atoms with Crippen molar-refractivity contribution >= 4 is 43.0 Å². The Bertz CT molecular complexity index is 730. The van der Waals surface area contributed by atoms with Crippen molar-refractivity contribution in [2.24, 2.45) is 0 Å². The highest BCUT2D eigenvalue weighted by Crippen LogP contribution is 2.28. The second-order valence-electron chi connectivity index (χ2n) is 3.41. The maximum Gasteiger partial charge on any atom is 0.271 e. The van der Waals surface area contributed by atoms with Crippen molar-refractivity contribution in [2.75, 3.05) is 4.72 Å². The van der Waals surface area contributed by atoms with E-state index in [1.165, 1.54) is 12.1 Å². The summed E-state index contributed by atoms with van der Waals surface area (Å²) >= 11 is 3.99. The molecule has 0 bridgehead atoms. The molecule has 0 radical (unpaired) electrons. The molecule has 0 aliphatic rings. The summed E-state index contributed by atoms with van der Waals surface area (Å²) in [6.07, 6.45) is 0. The van der Waals surface area contributed by atoms with Crippen LogP contribution in [0.1, 0.15) is 0 Å². The summed E-state index contributed by atoms with van der Waals surface area (Å²) in [6.45, 7) is 0. The molecule has 19 heavy (non-hydrogen) atoms. The van der Waals surface area contributed by atoms with Crippen LogP contribution in [-0.2, 0) is 10.0 Å². The molecule has 9 heteroatoms. The molecule has 0 aliphatic heterocycles. The Labute approximate surface area is 119 Å². The Morgan fingerprint density at radius 1 is 1.05 bits per heavy atom. The lowest BCUT2D eigenvalue weighted by Gasteiger charge is -2.07. The average molecular weight is 372 g/mol. The number of anilines is 1. The molecule has 0 saturated heterocycles. The second-order valence-corrected chi connectivity index (χ2v) is 7.78. The van der Waals surface area contributed by atoms with Crippen molar-refractivity contribution in [1.82, 2.24) is 0 Å². The number of rotatable bonds is 3. The molecule has 1 heterocycles. The van der Waals surface area contributed by atoms with Gasteiger partial charge in [0.2, 0.25) is 0 Å². The number of hydrogen-bond donors (Lipinski definition) is 1. The first kappa shape index (κ1) is 14.4. The molecule has 1 N–H and O–H groups in total. The minimum Gasteiger partial charge on any atom is -0.276 e. The minimum absolute atomic E-state index is 0.0801. The lowest BCUT2D eigenvalue weighted by atomic mass is 10.3. The zero-order valence-corrected chi connectivity index (χ0v) is 12.2. The van der Waals surface area contributed by atoms with Gasteiger partial charge in [0.05, 0.1) is 9.47 Å². The van der Waals surface area contributed by atoms with E-state index in [-0.39, 0.29) is 10.3 Å². The molecule has 0 fully saturated rings. The summed E-state index contributed by atoms with van der Waals surface area (Å²) in [5.74, 6) is -3.93. The van der Waals surface area contributed by atoms with Crippen molar-refractivity contribution in [3.63, 3.8) is 0 Å². The van der Waals surface area contributed by atoms with E-state index < -0.39 is 33.2 Å². The first-order valence-corrected chi connectivity index (χ1v) is 7.81. The van der Waals surface area contributed by atoms with Gasteiger partial charge in [-0.05, 0) is 28.1 Å². The molecular formula is C10H5BrF3NO2S2. The normalized spacial score (nSPS) is 11.6.